The Balaban J connectivity index is 1.51. The van der Waals surface area contributed by atoms with Crippen molar-refractivity contribution in [2.45, 2.75) is 44.6 Å². The zero-order chi connectivity index (χ0) is 30.7. The van der Waals surface area contributed by atoms with Gasteiger partial charge in [-0.25, -0.2) is 27.0 Å². The molecule has 1 N–H and O–H groups in total. The number of nitrogens with zero attached hydrogens (tertiary/aromatic N) is 4. The molecule has 0 spiro atoms. The molecule has 11 nitrogen and oxygen atoms in total. The summed E-state index contributed by atoms with van der Waals surface area (Å²) in [5.74, 6) is 1.13. The molecule has 0 saturated heterocycles. The van der Waals surface area contributed by atoms with Crippen LogP contribution in [0.5, 0.6) is 11.5 Å². The third-order valence-corrected chi connectivity index (χ3v) is 8.09. The molecule has 0 aliphatic heterocycles. The molecule has 1 amide bonds. The first-order valence-corrected chi connectivity index (χ1v) is 14.9. The molecule has 0 atom stereocenters. The predicted octanol–water partition coefficient (Wildman–Crippen LogP) is 4.92. The molecule has 4 rings (SSSR count). The lowest BCUT2D eigenvalue weighted by molar-refractivity contribution is 0.0525. The molecule has 12 heteroatoms. The van der Waals surface area contributed by atoms with Gasteiger partial charge in [0.25, 0.3) is 0 Å². The van der Waals surface area contributed by atoms with Crippen LogP contribution in [0.25, 0.3) is 28.2 Å². The number of imidazole rings is 1. The maximum absolute atomic E-state index is 12.5. The normalized spacial score (nSPS) is 12.0. The first-order chi connectivity index (χ1) is 19.8. The van der Waals surface area contributed by atoms with E-state index in [-0.39, 0.29) is 4.90 Å². The summed E-state index contributed by atoms with van der Waals surface area (Å²) >= 11 is 0. The van der Waals surface area contributed by atoms with E-state index in [0.717, 1.165) is 22.5 Å². The first-order valence-electron chi connectivity index (χ1n) is 13.5. The lowest BCUT2D eigenvalue weighted by Crippen LogP contribution is -2.33. The number of methoxy groups -OCH3 is 1. The van der Waals surface area contributed by atoms with Crippen molar-refractivity contribution in [2.75, 3.05) is 34.4 Å². The summed E-state index contributed by atoms with van der Waals surface area (Å²) in [6.45, 7) is 8.13. The molecule has 2 aromatic carbocycles. The number of sulfonamides is 1. The molecule has 0 bridgehead atoms. The number of hydrogen-bond donors (Lipinski definition) is 1. The summed E-state index contributed by atoms with van der Waals surface area (Å²) in [4.78, 5) is 16.6. The van der Waals surface area contributed by atoms with Crippen LogP contribution in [0, 0.1) is 6.92 Å². The molecular weight excluding hydrogens is 558 g/mol. The summed E-state index contributed by atoms with van der Waals surface area (Å²) in [5.41, 5.74) is 3.97. The van der Waals surface area contributed by atoms with Gasteiger partial charge in [0.1, 0.15) is 5.60 Å². The lowest BCUT2D eigenvalue weighted by Gasteiger charge is -2.19. The Hall–Kier alpha value is -4.16. The van der Waals surface area contributed by atoms with E-state index in [1.54, 1.807) is 35.9 Å². The summed E-state index contributed by atoms with van der Waals surface area (Å²) in [6.07, 6.45) is 0.132. The summed E-state index contributed by atoms with van der Waals surface area (Å²) < 4.78 is 44.7. The molecule has 0 unspecified atom stereocenters. The number of fused-ring (bicyclic) bond motifs is 1. The number of benzene rings is 2. The highest BCUT2D eigenvalue weighted by Crippen LogP contribution is 2.33. The maximum atomic E-state index is 12.5. The molecule has 224 valence electrons. The number of ether oxygens (including phenoxy) is 3. The number of amides is 1. The summed E-state index contributed by atoms with van der Waals surface area (Å²) in [6, 6.07) is 16.1. The Morgan fingerprint density at radius 1 is 1.00 bits per heavy atom. The van der Waals surface area contributed by atoms with Gasteiger partial charge in [-0.3, -0.25) is 0 Å². The van der Waals surface area contributed by atoms with Gasteiger partial charge in [0.15, 0.2) is 17.1 Å². The third kappa shape index (κ3) is 7.00. The molecule has 0 fully saturated rings. The van der Waals surface area contributed by atoms with E-state index >= 15 is 0 Å². The summed E-state index contributed by atoms with van der Waals surface area (Å²) in [7, 11) is 1.05. The van der Waals surface area contributed by atoms with Crippen LogP contribution in [-0.2, 0) is 14.8 Å². The van der Waals surface area contributed by atoms with Gasteiger partial charge in [0, 0.05) is 31.8 Å². The van der Waals surface area contributed by atoms with Gasteiger partial charge >= 0.3 is 6.09 Å². The Morgan fingerprint density at radius 3 is 2.33 bits per heavy atom. The van der Waals surface area contributed by atoms with Crippen LogP contribution in [0.15, 0.2) is 59.5 Å². The molecule has 2 heterocycles. The average molecular weight is 596 g/mol. The molecule has 0 aliphatic rings. The second-order valence-corrected chi connectivity index (χ2v) is 13.0. The van der Waals surface area contributed by atoms with Crippen LogP contribution in [0.3, 0.4) is 0 Å². The zero-order valence-corrected chi connectivity index (χ0v) is 25.8. The Morgan fingerprint density at radius 2 is 1.69 bits per heavy atom. The van der Waals surface area contributed by atoms with Crippen molar-refractivity contribution >= 4 is 21.8 Å². The number of hydrogen-bond acceptors (Lipinski definition) is 8. The highest BCUT2D eigenvalue weighted by molar-refractivity contribution is 7.89. The fourth-order valence-electron chi connectivity index (χ4n) is 4.23. The fourth-order valence-corrected chi connectivity index (χ4v) is 5.13. The predicted molar refractivity (Wildman–Crippen MR) is 160 cm³/mol. The van der Waals surface area contributed by atoms with E-state index < -0.39 is 21.7 Å². The number of carbonyl (C=O) groups is 1. The largest absolute Gasteiger partial charge is 0.493 e. The van der Waals surface area contributed by atoms with E-state index in [4.69, 9.17) is 19.3 Å². The van der Waals surface area contributed by atoms with Gasteiger partial charge in [-0.05, 0) is 76.6 Å². The minimum Gasteiger partial charge on any atom is -0.493 e. The second-order valence-electron chi connectivity index (χ2n) is 10.8. The summed E-state index contributed by atoms with van der Waals surface area (Å²) in [5, 5.41) is 7.57. The van der Waals surface area contributed by atoms with Crippen molar-refractivity contribution in [3.63, 3.8) is 0 Å². The van der Waals surface area contributed by atoms with Crippen molar-refractivity contribution < 1.29 is 27.4 Å². The van der Waals surface area contributed by atoms with Gasteiger partial charge in [-0.15, -0.1) is 0 Å². The van der Waals surface area contributed by atoms with Crippen molar-refractivity contribution in [3.05, 3.63) is 60.3 Å². The SMILES string of the molecule is COc1cc(-c2ccc3nc(C)c(-c4ccc(S(=O)(=O)N(C)C)cc4)n3n2)ccc1OCCCNC(=O)OC(C)(C)C. The number of aryl methyl sites for hydroxylation is 1. The van der Waals surface area contributed by atoms with Crippen molar-refractivity contribution in [1.29, 1.82) is 0 Å². The molecule has 0 radical (unpaired) electrons. The maximum Gasteiger partial charge on any atom is 0.407 e. The van der Waals surface area contributed by atoms with Crippen molar-refractivity contribution in [1.82, 2.24) is 24.2 Å². The molecule has 42 heavy (non-hydrogen) atoms. The highest BCUT2D eigenvalue weighted by atomic mass is 32.2. The number of alkyl carbamates (subject to hydrolysis) is 1. The van der Waals surface area contributed by atoms with Gasteiger partial charge in [0.2, 0.25) is 10.0 Å². The van der Waals surface area contributed by atoms with Gasteiger partial charge in [0.05, 0.1) is 35.7 Å². The smallest absolute Gasteiger partial charge is 0.407 e. The zero-order valence-electron chi connectivity index (χ0n) is 25.0. The van der Waals surface area contributed by atoms with E-state index in [1.165, 1.54) is 18.4 Å². The number of aromatic nitrogens is 3. The standard InChI is InChI=1S/C30H37N5O6S/c1-20-28(21-9-12-23(13-10-21)42(37,38)34(5)6)35-27(32-20)16-14-24(33-35)22-11-15-25(26(19-22)39-7)40-18-8-17-31-29(36)41-30(2,3)4/h9-16,19H,8,17-18H2,1-7H3,(H,31,36). The van der Waals surface area contributed by atoms with Crippen LogP contribution < -0.4 is 14.8 Å². The van der Waals surface area contributed by atoms with Crippen LogP contribution >= 0.6 is 0 Å². The Labute approximate surface area is 246 Å². The van der Waals surface area contributed by atoms with Gasteiger partial charge in [-0.1, -0.05) is 12.1 Å². The lowest BCUT2D eigenvalue weighted by atomic mass is 10.1. The van der Waals surface area contributed by atoms with Crippen molar-refractivity contribution in [3.8, 4) is 34.0 Å². The molecule has 0 aliphatic carbocycles. The Bertz CT molecular complexity index is 1680. The molecular formula is C30H37N5O6S. The topological polar surface area (TPSA) is 124 Å². The van der Waals surface area contributed by atoms with Crippen LogP contribution in [0.1, 0.15) is 32.9 Å². The number of rotatable bonds is 10. The minimum absolute atomic E-state index is 0.213. The minimum atomic E-state index is -3.54. The first kappa shape index (κ1) is 30.8. The van der Waals surface area contributed by atoms with Crippen LogP contribution in [-0.4, -0.2) is 73.4 Å². The second kappa shape index (κ2) is 12.4. The van der Waals surface area contributed by atoms with Gasteiger partial charge in [-0.2, -0.15) is 5.10 Å². The Kier molecular flexibility index (Phi) is 9.07. The van der Waals surface area contributed by atoms with Crippen LogP contribution in [0.4, 0.5) is 4.79 Å². The van der Waals surface area contributed by atoms with E-state index in [1.807, 2.05) is 58.0 Å². The van der Waals surface area contributed by atoms with E-state index in [9.17, 15) is 13.2 Å². The quantitative estimate of drug-likeness (QED) is 0.256. The van der Waals surface area contributed by atoms with E-state index in [2.05, 4.69) is 10.3 Å². The van der Waals surface area contributed by atoms with Gasteiger partial charge < -0.3 is 19.5 Å². The van der Waals surface area contributed by atoms with Crippen LogP contribution in [0.2, 0.25) is 0 Å². The van der Waals surface area contributed by atoms with E-state index in [0.29, 0.717) is 42.4 Å². The molecule has 4 aromatic rings. The fraction of sp³-hybridized carbons (Fsp3) is 0.367. The molecule has 0 saturated carbocycles. The monoisotopic (exact) mass is 595 g/mol. The molecule has 2 aromatic heterocycles. The third-order valence-electron chi connectivity index (χ3n) is 6.26. The average Bonchev–Trinajstić information content (AvgIpc) is 3.26. The number of nitrogens with one attached hydrogen (secondary N) is 1. The highest BCUT2D eigenvalue weighted by Gasteiger charge is 2.19. The van der Waals surface area contributed by atoms with Crippen molar-refractivity contribution in [2.24, 2.45) is 0 Å². The number of carbonyl (C=O) groups excluding carboxylic acids is 1.